The Morgan fingerprint density at radius 3 is 2.73 bits per heavy atom. The quantitative estimate of drug-likeness (QED) is 0.558. The van der Waals surface area contributed by atoms with E-state index < -0.39 is 5.60 Å². The third-order valence-corrected chi connectivity index (χ3v) is 2.65. The number of aliphatic hydroxyl groups is 2. The number of rotatable bonds is 1. The molecule has 1 rings (SSSR count). The van der Waals surface area contributed by atoms with E-state index in [4.69, 9.17) is 5.11 Å². The van der Waals surface area contributed by atoms with Crippen molar-refractivity contribution in [2.24, 2.45) is 0 Å². The molecule has 11 heavy (non-hydrogen) atoms. The van der Waals surface area contributed by atoms with Crippen molar-refractivity contribution in [1.29, 1.82) is 0 Å². The summed E-state index contributed by atoms with van der Waals surface area (Å²) in [6.45, 7) is 2.84. The smallest absolute Gasteiger partial charge is 0.0904 e. The Bertz CT molecular complexity index is 140. The van der Waals surface area contributed by atoms with Crippen LogP contribution in [-0.2, 0) is 0 Å². The fourth-order valence-electron chi connectivity index (χ4n) is 1.56. The summed E-state index contributed by atoms with van der Waals surface area (Å²) in [5, 5.41) is 18.6. The van der Waals surface area contributed by atoms with Gasteiger partial charge in [0, 0.05) is 12.6 Å². The van der Waals surface area contributed by atoms with Crippen molar-refractivity contribution in [3.05, 3.63) is 0 Å². The van der Waals surface area contributed by atoms with E-state index >= 15 is 0 Å². The van der Waals surface area contributed by atoms with Gasteiger partial charge in [0.25, 0.3) is 0 Å². The SMILES string of the molecule is CC1CC(O)(CO)CCN1C. The average molecular weight is 159 g/mol. The highest BCUT2D eigenvalue weighted by atomic mass is 16.3. The molecule has 0 radical (unpaired) electrons. The number of likely N-dealkylation sites (tertiary alicyclic amines) is 1. The second-order valence-corrected chi connectivity index (χ2v) is 3.67. The molecule has 1 fully saturated rings. The topological polar surface area (TPSA) is 43.7 Å². The van der Waals surface area contributed by atoms with Crippen molar-refractivity contribution < 1.29 is 10.2 Å². The van der Waals surface area contributed by atoms with Crippen molar-refractivity contribution in [3.8, 4) is 0 Å². The third-order valence-electron chi connectivity index (χ3n) is 2.65. The predicted octanol–water partition coefficient (Wildman–Crippen LogP) is -0.176. The maximum Gasteiger partial charge on any atom is 0.0904 e. The fourth-order valence-corrected chi connectivity index (χ4v) is 1.56. The van der Waals surface area contributed by atoms with Crippen LogP contribution in [0.2, 0.25) is 0 Å². The van der Waals surface area contributed by atoms with Crippen LogP contribution in [0.5, 0.6) is 0 Å². The lowest BCUT2D eigenvalue weighted by Gasteiger charge is -2.39. The third kappa shape index (κ3) is 1.92. The molecule has 1 aliphatic rings. The molecule has 3 heteroatoms. The molecule has 0 amide bonds. The first-order chi connectivity index (χ1) is 5.07. The van der Waals surface area contributed by atoms with Crippen molar-refractivity contribution in [1.82, 2.24) is 4.90 Å². The second-order valence-electron chi connectivity index (χ2n) is 3.67. The van der Waals surface area contributed by atoms with Crippen molar-refractivity contribution in [2.45, 2.75) is 31.4 Å². The van der Waals surface area contributed by atoms with E-state index in [0.29, 0.717) is 18.9 Å². The van der Waals surface area contributed by atoms with E-state index in [1.807, 2.05) is 7.05 Å². The minimum atomic E-state index is -0.814. The van der Waals surface area contributed by atoms with Gasteiger partial charge in [0.05, 0.1) is 12.2 Å². The minimum Gasteiger partial charge on any atom is -0.393 e. The minimum absolute atomic E-state index is 0.106. The van der Waals surface area contributed by atoms with E-state index in [2.05, 4.69) is 11.8 Å². The summed E-state index contributed by atoms with van der Waals surface area (Å²) in [6.07, 6.45) is 1.37. The molecule has 0 aromatic rings. The summed E-state index contributed by atoms with van der Waals surface area (Å²) in [6, 6.07) is 0.376. The first-order valence-electron chi connectivity index (χ1n) is 4.11. The van der Waals surface area contributed by atoms with Crippen LogP contribution in [0.4, 0.5) is 0 Å². The Hall–Kier alpha value is -0.120. The standard InChI is InChI=1S/C8H17NO2/c1-7-5-8(11,6-10)3-4-9(7)2/h7,10-11H,3-6H2,1-2H3. The molecule has 2 atom stereocenters. The summed E-state index contributed by atoms with van der Waals surface area (Å²) in [5.74, 6) is 0. The van der Waals surface area contributed by atoms with Crippen molar-refractivity contribution in [3.63, 3.8) is 0 Å². The second kappa shape index (κ2) is 3.09. The number of piperidine rings is 1. The van der Waals surface area contributed by atoms with Gasteiger partial charge in [-0.05, 0) is 26.8 Å². The van der Waals surface area contributed by atoms with Crippen LogP contribution in [0.1, 0.15) is 19.8 Å². The highest BCUT2D eigenvalue weighted by molar-refractivity contribution is 4.88. The molecule has 2 N–H and O–H groups in total. The van der Waals surface area contributed by atoms with Gasteiger partial charge >= 0.3 is 0 Å². The van der Waals surface area contributed by atoms with Crippen LogP contribution in [0.25, 0.3) is 0 Å². The van der Waals surface area contributed by atoms with Crippen molar-refractivity contribution >= 4 is 0 Å². The first-order valence-corrected chi connectivity index (χ1v) is 4.11. The molecular weight excluding hydrogens is 142 g/mol. The van der Waals surface area contributed by atoms with Gasteiger partial charge in [-0.1, -0.05) is 0 Å². The molecule has 0 bridgehead atoms. The number of hydrogen-bond donors (Lipinski definition) is 2. The first kappa shape index (κ1) is 8.97. The van der Waals surface area contributed by atoms with E-state index in [9.17, 15) is 5.11 Å². The van der Waals surface area contributed by atoms with Gasteiger partial charge in [0.1, 0.15) is 0 Å². The predicted molar refractivity (Wildman–Crippen MR) is 43.4 cm³/mol. The molecule has 1 aliphatic heterocycles. The molecule has 1 saturated heterocycles. The van der Waals surface area contributed by atoms with Crippen LogP contribution in [0, 0.1) is 0 Å². The van der Waals surface area contributed by atoms with Gasteiger partial charge in [-0.25, -0.2) is 0 Å². The van der Waals surface area contributed by atoms with Gasteiger partial charge in [-0.3, -0.25) is 0 Å². The molecule has 2 unspecified atom stereocenters. The Morgan fingerprint density at radius 1 is 1.64 bits per heavy atom. The Kier molecular flexibility index (Phi) is 2.52. The van der Waals surface area contributed by atoms with Gasteiger partial charge in [0.2, 0.25) is 0 Å². The van der Waals surface area contributed by atoms with E-state index in [1.165, 1.54) is 0 Å². The zero-order valence-corrected chi connectivity index (χ0v) is 7.25. The van der Waals surface area contributed by atoms with Crippen molar-refractivity contribution in [2.75, 3.05) is 20.2 Å². The van der Waals surface area contributed by atoms with Crippen LogP contribution in [0.15, 0.2) is 0 Å². The molecule has 3 nitrogen and oxygen atoms in total. The van der Waals surface area contributed by atoms with Gasteiger partial charge in [0.15, 0.2) is 0 Å². The Labute approximate surface area is 67.6 Å². The van der Waals surface area contributed by atoms with E-state index in [1.54, 1.807) is 0 Å². The number of hydrogen-bond acceptors (Lipinski definition) is 3. The van der Waals surface area contributed by atoms with Gasteiger partial charge in [-0.2, -0.15) is 0 Å². The Balaban J connectivity index is 2.51. The lowest BCUT2D eigenvalue weighted by Crippen LogP contribution is -2.49. The monoisotopic (exact) mass is 159 g/mol. The molecule has 66 valence electrons. The summed E-state index contributed by atoms with van der Waals surface area (Å²) < 4.78 is 0. The van der Waals surface area contributed by atoms with Crippen LogP contribution in [0.3, 0.4) is 0 Å². The molecule has 0 aromatic carbocycles. The lowest BCUT2D eigenvalue weighted by molar-refractivity contribution is -0.0709. The average Bonchev–Trinajstić information content (AvgIpc) is 1.98. The molecule has 0 aliphatic carbocycles. The summed E-state index contributed by atoms with van der Waals surface area (Å²) in [4.78, 5) is 2.20. The molecule has 0 saturated carbocycles. The number of aliphatic hydroxyl groups excluding tert-OH is 1. The number of nitrogens with zero attached hydrogens (tertiary/aromatic N) is 1. The van der Waals surface area contributed by atoms with Gasteiger partial charge < -0.3 is 15.1 Å². The van der Waals surface area contributed by atoms with Crippen LogP contribution >= 0.6 is 0 Å². The molecule has 0 aromatic heterocycles. The summed E-state index contributed by atoms with van der Waals surface area (Å²) >= 11 is 0. The molecule has 0 spiro atoms. The molecule has 1 heterocycles. The van der Waals surface area contributed by atoms with Gasteiger partial charge in [-0.15, -0.1) is 0 Å². The largest absolute Gasteiger partial charge is 0.393 e. The lowest BCUT2D eigenvalue weighted by atomic mass is 9.88. The maximum atomic E-state index is 9.69. The Morgan fingerprint density at radius 2 is 2.27 bits per heavy atom. The highest BCUT2D eigenvalue weighted by Gasteiger charge is 2.34. The zero-order chi connectivity index (χ0) is 8.48. The van der Waals surface area contributed by atoms with Crippen LogP contribution < -0.4 is 0 Å². The fraction of sp³-hybridized carbons (Fsp3) is 1.00. The zero-order valence-electron chi connectivity index (χ0n) is 7.25. The van der Waals surface area contributed by atoms with Crippen LogP contribution in [-0.4, -0.2) is 47.0 Å². The highest BCUT2D eigenvalue weighted by Crippen LogP contribution is 2.24. The van der Waals surface area contributed by atoms with E-state index in [0.717, 1.165) is 6.54 Å². The summed E-state index contributed by atoms with van der Waals surface area (Å²) in [7, 11) is 2.04. The molecular formula is C8H17NO2. The van der Waals surface area contributed by atoms with E-state index in [-0.39, 0.29) is 6.61 Å². The summed E-state index contributed by atoms with van der Waals surface area (Å²) in [5.41, 5.74) is -0.814. The normalized spacial score (nSPS) is 40.9. The maximum absolute atomic E-state index is 9.69.